The number of carbonyl (C=O) groups is 2. The Labute approximate surface area is 176 Å². The van der Waals surface area contributed by atoms with E-state index >= 15 is 0 Å². The fraction of sp³-hybridized carbons (Fsp3) is 0.647. The van der Waals surface area contributed by atoms with Crippen LogP contribution in [0.1, 0.15) is 37.9 Å². The molecule has 1 aromatic rings. The van der Waals surface area contributed by atoms with Crippen molar-refractivity contribution in [3.8, 4) is 0 Å². The van der Waals surface area contributed by atoms with Gasteiger partial charge in [0.05, 0.1) is 12.7 Å². The fourth-order valence-corrected chi connectivity index (χ4v) is 3.63. The summed E-state index contributed by atoms with van der Waals surface area (Å²) in [7, 11) is 0. The summed E-state index contributed by atoms with van der Waals surface area (Å²) in [6, 6.07) is -0.398. The number of H-pyrrole nitrogens is 1. The lowest BCUT2D eigenvalue weighted by Crippen LogP contribution is -2.55. The van der Waals surface area contributed by atoms with Crippen LogP contribution in [0.4, 0.5) is 4.79 Å². The number of hydrogen-bond acceptors (Lipinski definition) is 4. The molecule has 3 rings (SSSR count). The molecule has 1 atom stereocenters. The molecule has 9 nitrogen and oxygen atoms in total. The van der Waals surface area contributed by atoms with E-state index in [0.29, 0.717) is 6.54 Å². The molecule has 27 heavy (non-hydrogen) atoms. The highest BCUT2D eigenvalue weighted by Crippen LogP contribution is 2.30. The van der Waals surface area contributed by atoms with E-state index in [1.807, 2.05) is 20.8 Å². The fourth-order valence-electron chi connectivity index (χ4n) is 3.63. The highest BCUT2D eigenvalue weighted by atomic mass is 127. The maximum atomic E-state index is 12.1. The van der Waals surface area contributed by atoms with Crippen molar-refractivity contribution >= 4 is 41.9 Å². The van der Waals surface area contributed by atoms with Gasteiger partial charge in [-0.05, 0) is 39.5 Å². The van der Waals surface area contributed by atoms with Gasteiger partial charge in [-0.2, -0.15) is 5.10 Å². The maximum Gasteiger partial charge on any atom is 0.322 e. The Morgan fingerprint density at radius 1 is 1.41 bits per heavy atom. The Bertz CT molecular complexity index is 712. The van der Waals surface area contributed by atoms with Gasteiger partial charge < -0.3 is 15.5 Å². The van der Waals surface area contributed by atoms with E-state index in [4.69, 9.17) is 4.99 Å². The number of likely N-dealkylation sites (tertiary alicyclic amines) is 1. The number of urea groups is 1. The molecule has 0 spiro atoms. The monoisotopic (exact) mass is 489 g/mol. The SMILES string of the molecule is CCNC(=NCc1cn[nH]c1C)N1CCC(C2(C)NC(=O)NC2=O)CC1.I. The maximum absolute atomic E-state index is 12.1. The summed E-state index contributed by atoms with van der Waals surface area (Å²) < 4.78 is 0. The standard InChI is InChI=1S/C17H27N7O2.HI/c1-4-18-15(19-9-12-10-20-23-11(12)2)24-7-5-13(6-8-24)17(3)14(25)21-16(26)22-17;/h10,13H,4-9H2,1-3H3,(H,18,19)(H,20,23)(H2,21,22,25,26);1H. The van der Waals surface area contributed by atoms with E-state index in [0.717, 1.165) is 49.7 Å². The predicted molar refractivity (Wildman–Crippen MR) is 113 cm³/mol. The molecule has 1 unspecified atom stereocenters. The molecule has 2 aliphatic heterocycles. The summed E-state index contributed by atoms with van der Waals surface area (Å²) >= 11 is 0. The summed E-state index contributed by atoms with van der Waals surface area (Å²) in [5.41, 5.74) is 1.29. The van der Waals surface area contributed by atoms with Gasteiger partial charge in [-0.15, -0.1) is 24.0 Å². The molecule has 2 fully saturated rings. The van der Waals surface area contributed by atoms with Crippen LogP contribution in [-0.4, -0.2) is 58.2 Å². The largest absolute Gasteiger partial charge is 0.357 e. The first kappa shape index (κ1) is 21.5. The number of aromatic amines is 1. The zero-order chi connectivity index (χ0) is 18.7. The Hall–Kier alpha value is -1.85. The van der Waals surface area contributed by atoms with Gasteiger partial charge in [0.25, 0.3) is 5.91 Å². The lowest BCUT2D eigenvalue weighted by Gasteiger charge is -2.39. The van der Waals surface area contributed by atoms with Crippen molar-refractivity contribution in [2.75, 3.05) is 19.6 Å². The number of aryl methyl sites for hydroxylation is 1. The molecule has 3 heterocycles. The molecule has 150 valence electrons. The van der Waals surface area contributed by atoms with E-state index < -0.39 is 11.6 Å². The van der Waals surface area contributed by atoms with Gasteiger partial charge in [0.2, 0.25) is 0 Å². The number of carbonyl (C=O) groups excluding carboxylic acids is 2. The Balaban J connectivity index is 0.00000261. The second kappa shape index (κ2) is 8.89. The number of rotatable bonds is 4. The van der Waals surface area contributed by atoms with Crippen LogP contribution in [0.15, 0.2) is 11.2 Å². The number of aliphatic imine (C=N–C) groups is 1. The van der Waals surface area contributed by atoms with Gasteiger partial charge in [-0.1, -0.05) is 0 Å². The number of imide groups is 1. The molecule has 0 aromatic carbocycles. The average Bonchev–Trinajstić information content (AvgIpc) is 3.14. The van der Waals surface area contributed by atoms with Crippen molar-refractivity contribution in [1.82, 2.24) is 31.0 Å². The number of halogens is 1. The Morgan fingerprint density at radius 3 is 2.63 bits per heavy atom. The summed E-state index contributed by atoms with van der Waals surface area (Å²) in [4.78, 5) is 30.6. The minimum atomic E-state index is -0.813. The smallest absolute Gasteiger partial charge is 0.322 e. The normalized spacial score (nSPS) is 23.7. The molecule has 3 amide bonds. The molecule has 1 aromatic heterocycles. The highest BCUT2D eigenvalue weighted by molar-refractivity contribution is 14.0. The molecule has 0 aliphatic carbocycles. The number of hydrogen-bond donors (Lipinski definition) is 4. The molecular weight excluding hydrogens is 461 g/mol. The van der Waals surface area contributed by atoms with Crippen LogP contribution < -0.4 is 16.0 Å². The average molecular weight is 489 g/mol. The van der Waals surface area contributed by atoms with Crippen LogP contribution in [0.2, 0.25) is 0 Å². The first-order valence-corrected chi connectivity index (χ1v) is 9.09. The summed E-state index contributed by atoms with van der Waals surface area (Å²) in [6.45, 7) is 8.79. The molecular formula is C17H28IN7O2. The van der Waals surface area contributed by atoms with Crippen LogP contribution in [-0.2, 0) is 11.3 Å². The highest BCUT2D eigenvalue weighted by Gasteiger charge is 2.48. The van der Waals surface area contributed by atoms with E-state index in [9.17, 15) is 9.59 Å². The predicted octanol–water partition coefficient (Wildman–Crippen LogP) is 1.11. The minimum Gasteiger partial charge on any atom is -0.357 e. The van der Waals surface area contributed by atoms with Crippen molar-refractivity contribution in [2.24, 2.45) is 10.9 Å². The van der Waals surface area contributed by atoms with Crippen LogP contribution in [0.25, 0.3) is 0 Å². The number of piperidine rings is 1. The first-order valence-electron chi connectivity index (χ1n) is 9.09. The van der Waals surface area contributed by atoms with E-state index in [1.54, 1.807) is 6.20 Å². The molecule has 0 radical (unpaired) electrons. The minimum absolute atomic E-state index is 0. The van der Waals surface area contributed by atoms with Crippen LogP contribution >= 0.6 is 24.0 Å². The lowest BCUT2D eigenvalue weighted by molar-refractivity contribution is -0.125. The van der Waals surface area contributed by atoms with Gasteiger partial charge in [0.1, 0.15) is 5.54 Å². The molecule has 10 heteroatoms. The summed E-state index contributed by atoms with van der Waals surface area (Å²) in [6.07, 6.45) is 3.44. The van der Waals surface area contributed by atoms with Gasteiger partial charge >= 0.3 is 6.03 Å². The molecule has 0 saturated carbocycles. The summed E-state index contributed by atoms with van der Waals surface area (Å²) in [5.74, 6) is 0.762. The zero-order valence-electron chi connectivity index (χ0n) is 16.0. The third-order valence-corrected chi connectivity index (χ3v) is 5.35. The van der Waals surface area contributed by atoms with Crippen molar-refractivity contribution in [3.05, 3.63) is 17.5 Å². The van der Waals surface area contributed by atoms with Crippen molar-refractivity contribution < 1.29 is 9.59 Å². The number of aromatic nitrogens is 2. The van der Waals surface area contributed by atoms with Crippen molar-refractivity contribution in [3.63, 3.8) is 0 Å². The third kappa shape index (κ3) is 4.53. The molecule has 2 aliphatic rings. The first-order chi connectivity index (χ1) is 12.4. The van der Waals surface area contributed by atoms with E-state index in [-0.39, 0.29) is 35.8 Å². The Morgan fingerprint density at radius 2 is 2.11 bits per heavy atom. The van der Waals surface area contributed by atoms with E-state index in [2.05, 4.69) is 31.0 Å². The second-order valence-corrected chi connectivity index (χ2v) is 7.06. The second-order valence-electron chi connectivity index (χ2n) is 7.06. The number of guanidine groups is 1. The molecule has 2 saturated heterocycles. The third-order valence-electron chi connectivity index (χ3n) is 5.35. The van der Waals surface area contributed by atoms with Crippen LogP contribution in [0.5, 0.6) is 0 Å². The van der Waals surface area contributed by atoms with Crippen molar-refractivity contribution in [2.45, 2.75) is 45.7 Å². The topological polar surface area (TPSA) is 115 Å². The van der Waals surface area contributed by atoms with Gasteiger partial charge in [-0.3, -0.25) is 15.2 Å². The zero-order valence-corrected chi connectivity index (χ0v) is 18.3. The number of nitrogens with one attached hydrogen (secondary N) is 4. The van der Waals surface area contributed by atoms with Crippen molar-refractivity contribution in [1.29, 1.82) is 0 Å². The van der Waals surface area contributed by atoms with Gasteiger partial charge in [-0.25, -0.2) is 9.79 Å². The van der Waals surface area contributed by atoms with Crippen LogP contribution in [0, 0.1) is 12.8 Å². The van der Waals surface area contributed by atoms with Crippen LogP contribution in [0.3, 0.4) is 0 Å². The molecule has 0 bridgehead atoms. The lowest BCUT2D eigenvalue weighted by atomic mass is 9.79. The van der Waals surface area contributed by atoms with Gasteiger partial charge in [0.15, 0.2) is 5.96 Å². The Kier molecular flexibility index (Phi) is 7.06. The van der Waals surface area contributed by atoms with Gasteiger partial charge in [0, 0.05) is 30.9 Å². The quantitative estimate of drug-likeness (QED) is 0.219. The molecule has 4 N–H and O–H groups in total. The summed E-state index contributed by atoms with van der Waals surface area (Å²) in [5, 5.41) is 15.4. The number of amides is 3. The number of nitrogens with zero attached hydrogens (tertiary/aromatic N) is 3. The van der Waals surface area contributed by atoms with E-state index in [1.165, 1.54) is 0 Å².